The Morgan fingerprint density at radius 2 is 2.06 bits per heavy atom. The Bertz CT molecular complexity index is 249. The van der Waals surface area contributed by atoms with Crippen LogP contribution in [0.15, 0.2) is 0 Å². The van der Waals surface area contributed by atoms with Crippen LogP contribution >= 0.6 is 0 Å². The van der Waals surface area contributed by atoms with Gasteiger partial charge in [-0.05, 0) is 52.4 Å². The molecule has 1 rings (SSSR count). The van der Waals surface area contributed by atoms with Crippen LogP contribution in [0.3, 0.4) is 0 Å². The van der Waals surface area contributed by atoms with Gasteiger partial charge in [0, 0.05) is 26.1 Å². The lowest BCUT2D eigenvalue weighted by atomic mass is 9.96. The number of rotatable bonds is 6. The first-order valence-electron chi connectivity index (χ1n) is 7.18. The summed E-state index contributed by atoms with van der Waals surface area (Å²) in [5, 5.41) is 3.29. The number of carbonyl (C=O) groups is 1. The van der Waals surface area contributed by atoms with E-state index in [1.165, 1.54) is 25.9 Å². The van der Waals surface area contributed by atoms with Gasteiger partial charge in [-0.15, -0.1) is 0 Å². The van der Waals surface area contributed by atoms with E-state index in [1.54, 1.807) is 0 Å². The molecule has 0 spiro atoms. The van der Waals surface area contributed by atoms with Crippen LogP contribution in [0, 0.1) is 5.92 Å². The largest absolute Gasteiger partial charge is 0.345 e. The van der Waals surface area contributed by atoms with Gasteiger partial charge in [0.15, 0.2) is 0 Å². The molecule has 4 heteroatoms. The summed E-state index contributed by atoms with van der Waals surface area (Å²) in [6, 6.07) is 0.280. The lowest BCUT2D eigenvalue weighted by Gasteiger charge is -2.32. The molecule has 0 radical (unpaired) electrons. The molecule has 0 aromatic carbocycles. The van der Waals surface area contributed by atoms with Crippen LogP contribution in [0.2, 0.25) is 0 Å². The first kappa shape index (κ1) is 15.4. The summed E-state index contributed by atoms with van der Waals surface area (Å²) >= 11 is 0. The number of nitrogens with zero attached hydrogens (tertiary/aromatic N) is 2. The van der Waals surface area contributed by atoms with E-state index >= 15 is 0 Å². The van der Waals surface area contributed by atoms with Gasteiger partial charge in [-0.25, -0.2) is 0 Å². The van der Waals surface area contributed by atoms with Gasteiger partial charge >= 0.3 is 0 Å². The molecule has 0 aromatic rings. The van der Waals surface area contributed by atoms with Gasteiger partial charge < -0.3 is 15.1 Å². The van der Waals surface area contributed by atoms with Crippen molar-refractivity contribution in [3.8, 4) is 0 Å². The predicted molar refractivity (Wildman–Crippen MR) is 75.6 cm³/mol. The Morgan fingerprint density at radius 1 is 1.44 bits per heavy atom. The lowest BCUT2D eigenvalue weighted by molar-refractivity contribution is -0.131. The molecule has 1 aliphatic heterocycles. The summed E-state index contributed by atoms with van der Waals surface area (Å²) < 4.78 is 0. The van der Waals surface area contributed by atoms with Crippen LogP contribution in [-0.4, -0.2) is 62.0 Å². The van der Waals surface area contributed by atoms with Gasteiger partial charge in [0.05, 0.1) is 0 Å². The molecule has 1 heterocycles. The number of amides is 1. The van der Waals surface area contributed by atoms with E-state index in [2.05, 4.69) is 31.1 Å². The minimum Gasteiger partial charge on any atom is -0.345 e. The van der Waals surface area contributed by atoms with Crippen molar-refractivity contribution in [2.75, 3.05) is 40.3 Å². The molecule has 1 atom stereocenters. The Labute approximate surface area is 112 Å². The molecule has 0 bridgehead atoms. The second kappa shape index (κ2) is 7.74. The van der Waals surface area contributed by atoms with Crippen molar-refractivity contribution in [2.24, 2.45) is 5.92 Å². The van der Waals surface area contributed by atoms with Gasteiger partial charge in [-0.2, -0.15) is 0 Å². The van der Waals surface area contributed by atoms with Gasteiger partial charge in [0.2, 0.25) is 5.91 Å². The molecule has 1 unspecified atom stereocenters. The maximum Gasteiger partial charge on any atom is 0.223 e. The SMILES string of the molecule is CCNC(C)CC(=O)N(C)CC1CCN(C)CC1. The molecule has 1 aliphatic rings. The zero-order valence-electron chi connectivity index (χ0n) is 12.4. The zero-order chi connectivity index (χ0) is 13.5. The van der Waals surface area contributed by atoms with Crippen molar-refractivity contribution in [3.05, 3.63) is 0 Å². The number of piperidine rings is 1. The highest BCUT2D eigenvalue weighted by Gasteiger charge is 2.20. The molecule has 0 aromatic heterocycles. The van der Waals surface area contributed by atoms with Crippen LogP contribution in [0.25, 0.3) is 0 Å². The van der Waals surface area contributed by atoms with Crippen molar-refractivity contribution in [3.63, 3.8) is 0 Å². The second-order valence-electron chi connectivity index (χ2n) is 5.68. The Kier molecular flexibility index (Phi) is 6.65. The lowest BCUT2D eigenvalue weighted by Crippen LogP contribution is -2.40. The normalized spacial score (nSPS) is 19.8. The summed E-state index contributed by atoms with van der Waals surface area (Å²) in [4.78, 5) is 16.3. The first-order chi connectivity index (χ1) is 8.52. The van der Waals surface area contributed by atoms with Crippen LogP contribution in [0.5, 0.6) is 0 Å². The summed E-state index contributed by atoms with van der Waals surface area (Å²) in [5.41, 5.74) is 0. The van der Waals surface area contributed by atoms with E-state index < -0.39 is 0 Å². The van der Waals surface area contributed by atoms with E-state index in [0.29, 0.717) is 12.3 Å². The minimum absolute atomic E-state index is 0.266. The quantitative estimate of drug-likeness (QED) is 0.774. The molecule has 1 N–H and O–H groups in total. The molecule has 106 valence electrons. The van der Waals surface area contributed by atoms with Crippen LogP contribution in [0.1, 0.15) is 33.1 Å². The fourth-order valence-electron chi connectivity index (χ4n) is 2.57. The predicted octanol–water partition coefficient (Wildman–Crippen LogP) is 1.17. The third kappa shape index (κ3) is 5.36. The van der Waals surface area contributed by atoms with Crippen molar-refractivity contribution in [1.29, 1.82) is 0 Å². The Morgan fingerprint density at radius 3 is 2.61 bits per heavy atom. The van der Waals surface area contributed by atoms with Gasteiger partial charge in [-0.3, -0.25) is 4.79 Å². The maximum absolute atomic E-state index is 12.0. The molecular weight excluding hydrogens is 226 g/mol. The highest BCUT2D eigenvalue weighted by Crippen LogP contribution is 2.17. The standard InChI is InChI=1S/C14H29N3O/c1-5-15-12(2)10-14(18)17(4)11-13-6-8-16(3)9-7-13/h12-13,15H,5-11H2,1-4H3. The minimum atomic E-state index is 0.266. The molecule has 1 saturated heterocycles. The number of nitrogens with one attached hydrogen (secondary N) is 1. The van der Waals surface area contributed by atoms with Gasteiger partial charge in [-0.1, -0.05) is 6.92 Å². The summed E-state index contributed by atoms with van der Waals surface area (Å²) in [6.07, 6.45) is 3.05. The number of likely N-dealkylation sites (tertiary alicyclic amines) is 1. The molecule has 0 saturated carbocycles. The van der Waals surface area contributed by atoms with Crippen molar-refractivity contribution in [2.45, 2.75) is 39.2 Å². The molecule has 1 amide bonds. The highest BCUT2D eigenvalue weighted by molar-refractivity contribution is 5.76. The molecular formula is C14H29N3O. The van der Waals surface area contributed by atoms with Gasteiger partial charge in [0.1, 0.15) is 0 Å². The molecule has 0 aliphatic carbocycles. The Balaban J connectivity index is 2.26. The van der Waals surface area contributed by atoms with E-state index in [4.69, 9.17) is 0 Å². The van der Waals surface area contributed by atoms with Gasteiger partial charge in [0.25, 0.3) is 0 Å². The second-order valence-corrected chi connectivity index (χ2v) is 5.68. The summed E-state index contributed by atoms with van der Waals surface area (Å²) in [6.45, 7) is 8.33. The summed E-state index contributed by atoms with van der Waals surface area (Å²) in [5.74, 6) is 0.951. The molecule has 18 heavy (non-hydrogen) atoms. The van der Waals surface area contributed by atoms with Crippen molar-refractivity contribution in [1.82, 2.24) is 15.1 Å². The molecule has 4 nitrogen and oxygen atoms in total. The average molecular weight is 255 g/mol. The highest BCUT2D eigenvalue weighted by atomic mass is 16.2. The monoisotopic (exact) mass is 255 g/mol. The van der Waals surface area contributed by atoms with E-state index in [-0.39, 0.29) is 11.9 Å². The fraction of sp³-hybridized carbons (Fsp3) is 0.929. The van der Waals surface area contributed by atoms with Crippen LogP contribution in [0.4, 0.5) is 0 Å². The van der Waals surface area contributed by atoms with Crippen molar-refractivity contribution >= 4 is 5.91 Å². The topological polar surface area (TPSA) is 35.6 Å². The number of hydrogen-bond donors (Lipinski definition) is 1. The maximum atomic E-state index is 12.0. The number of hydrogen-bond acceptors (Lipinski definition) is 3. The number of carbonyl (C=O) groups excluding carboxylic acids is 1. The Hall–Kier alpha value is -0.610. The van der Waals surface area contributed by atoms with E-state index in [1.807, 2.05) is 11.9 Å². The molecule has 1 fully saturated rings. The fourth-order valence-corrected chi connectivity index (χ4v) is 2.57. The van der Waals surface area contributed by atoms with Crippen LogP contribution < -0.4 is 5.32 Å². The van der Waals surface area contributed by atoms with Crippen LogP contribution in [-0.2, 0) is 4.79 Å². The third-order valence-electron chi connectivity index (χ3n) is 3.83. The third-order valence-corrected chi connectivity index (χ3v) is 3.83. The smallest absolute Gasteiger partial charge is 0.223 e. The van der Waals surface area contributed by atoms with E-state index in [0.717, 1.165) is 13.1 Å². The van der Waals surface area contributed by atoms with Crippen molar-refractivity contribution < 1.29 is 4.79 Å². The van der Waals surface area contributed by atoms with E-state index in [9.17, 15) is 4.79 Å². The summed E-state index contributed by atoms with van der Waals surface area (Å²) in [7, 11) is 4.11. The first-order valence-corrected chi connectivity index (χ1v) is 7.18. The average Bonchev–Trinajstić information content (AvgIpc) is 2.32. The zero-order valence-corrected chi connectivity index (χ0v) is 12.4.